The van der Waals surface area contributed by atoms with Crippen LogP contribution in [0.5, 0.6) is 0 Å². The Morgan fingerprint density at radius 1 is 1.44 bits per heavy atom. The van der Waals surface area contributed by atoms with E-state index in [-0.39, 0.29) is 11.5 Å². The van der Waals surface area contributed by atoms with Gasteiger partial charge in [0.2, 0.25) is 5.82 Å². The Bertz CT molecular complexity index is 401. The van der Waals surface area contributed by atoms with Crippen LogP contribution in [-0.4, -0.2) is 28.5 Å². The number of nitrogens with one attached hydrogen (secondary N) is 1. The van der Waals surface area contributed by atoms with E-state index < -0.39 is 4.92 Å². The number of pyridine rings is 1. The Morgan fingerprint density at radius 2 is 2.22 bits per heavy atom. The van der Waals surface area contributed by atoms with Gasteiger partial charge in [0.05, 0.1) is 4.92 Å². The van der Waals surface area contributed by atoms with Gasteiger partial charge >= 0.3 is 5.69 Å². The molecule has 0 spiro atoms. The highest BCUT2D eigenvalue weighted by atomic mass is 32.2. The number of nitrogens with zero attached hydrogens (tertiary/aromatic N) is 2. The smallest absolute Gasteiger partial charge is 0.311 e. The van der Waals surface area contributed by atoms with Crippen LogP contribution >= 0.6 is 11.8 Å². The van der Waals surface area contributed by atoms with Gasteiger partial charge in [-0.15, -0.1) is 0 Å². The Hall–Kier alpha value is -1.50. The molecule has 1 aromatic rings. The van der Waals surface area contributed by atoms with E-state index >= 15 is 0 Å². The lowest BCUT2D eigenvalue weighted by Gasteiger charge is -2.06. The molecule has 0 atom stereocenters. The van der Waals surface area contributed by atoms with Crippen LogP contribution in [0.15, 0.2) is 12.1 Å². The number of aromatic nitrogens is 1. The minimum atomic E-state index is -0.533. The van der Waals surface area contributed by atoms with E-state index in [1.54, 1.807) is 6.07 Å². The second-order valence-electron chi connectivity index (χ2n) is 3.84. The van der Waals surface area contributed by atoms with Crippen molar-refractivity contribution in [1.82, 2.24) is 4.98 Å². The first-order chi connectivity index (χ1) is 8.65. The van der Waals surface area contributed by atoms with Crippen LogP contribution in [0.2, 0.25) is 0 Å². The zero-order valence-corrected chi connectivity index (χ0v) is 11.2. The average Bonchev–Trinajstić information content (AvgIpc) is 2.33. The second-order valence-corrected chi connectivity index (χ2v) is 4.82. The summed E-state index contributed by atoms with van der Waals surface area (Å²) in [7, 11) is 0. The standard InChI is InChI=1S/C11H18N4O2S/c1-18-8-4-2-3-7-13-10-6-5-9(15(16)17)11(12)14-10/h5-6H,2-4,7-8H2,1H3,(H3,12,13,14). The summed E-state index contributed by atoms with van der Waals surface area (Å²) >= 11 is 1.85. The number of thioether (sulfide) groups is 1. The summed E-state index contributed by atoms with van der Waals surface area (Å²) in [5.41, 5.74) is 5.34. The van der Waals surface area contributed by atoms with Gasteiger partial charge < -0.3 is 11.1 Å². The number of nitrogen functional groups attached to an aromatic ring is 1. The van der Waals surface area contributed by atoms with E-state index in [1.807, 2.05) is 11.8 Å². The molecule has 6 nitrogen and oxygen atoms in total. The summed E-state index contributed by atoms with van der Waals surface area (Å²) in [6.07, 6.45) is 5.52. The molecule has 0 aromatic carbocycles. The molecular weight excluding hydrogens is 252 g/mol. The topological polar surface area (TPSA) is 94.1 Å². The van der Waals surface area contributed by atoms with Crippen molar-refractivity contribution in [3.63, 3.8) is 0 Å². The van der Waals surface area contributed by atoms with Crippen LogP contribution in [-0.2, 0) is 0 Å². The maximum atomic E-state index is 10.6. The lowest BCUT2D eigenvalue weighted by molar-refractivity contribution is -0.384. The molecule has 1 aromatic heterocycles. The van der Waals surface area contributed by atoms with Gasteiger partial charge in [-0.25, -0.2) is 4.98 Å². The molecule has 0 saturated carbocycles. The van der Waals surface area contributed by atoms with Gasteiger partial charge in [-0.3, -0.25) is 10.1 Å². The van der Waals surface area contributed by atoms with Crippen LogP contribution in [0.4, 0.5) is 17.3 Å². The van der Waals surface area contributed by atoms with Gasteiger partial charge in [-0.2, -0.15) is 11.8 Å². The van der Waals surface area contributed by atoms with Crippen LogP contribution < -0.4 is 11.1 Å². The molecule has 18 heavy (non-hydrogen) atoms. The molecule has 3 N–H and O–H groups in total. The van der Waals surface area contributed by atoms with Crippen molar-refractivity contribution in [2.24, 2.45) is 0 Å². The summed E-state index contributed by atoms with van der Waals surface area (Å²) in [5.74, 6) is 1.72. The van der Waals surface area contributed by atoms with Gasteiger partial charge in [0, 0.05) is 12.6 Å². The minimum Gasteiger partial charge on any atom is -0.378 e. The molecule has 100 valence electrons. The van der Waals surface area contributed by atoms with Gasteiger partial charge in [0.1, 0.15) is 5.82 Å². The lowest BCUT2D eigenvalue weighted by Crippen LogP contribution is -2.06. The van der Waals surface area contributed by atoms with Crippen molar-refractivity contribution >= 4 is 29.1 Å². The Labute approximate surface area is 111 Å². The first-order valence-corrected chi connectivity index (χ1v) is 7.18. The molecule has 7 heteroatoms. The SMILES string of the molecule is CSCCCCCNc1ccc([N+](=O)[O-])c(N)n1. The van der Waals surface area contributed by atoms with Gasteiger partial charge in [-0.05, 0) is 30.9 Å². The maximum absolute atomic E-state index is 10.6. The maximum Gasteiger partial charge on any atom is 0.311 e. The average molecular weight is 270 g/mol. The molecule has 1 rings (SSSR count). The number of unbranched alkanes of at least 4 members (excludes halogenated alkanes) is 2. The molecule has 0 saturated heterocycles. The highest BCUT2D eigenvalue weighted by Crippen LogP contribution is 2.20. The van der Waals surface area contributed by atoms with Crippen LogP contribution in [0.25, 0.3) is 0 Å². The van der Waals surface area contributed by atoms with E-state index in [9.17, 15) is 10.1 Å². The molecule has 0 aliphatic rings. The summed E-state index contributed by atoms with van der Waals surface area (Å²) < 4.78 is 0. The molecule has 1 heterocycles. The van der Waals surface area contributed by atoms with Crippen molar-refractivity contribution in [3.05, 3.63) is 22.2 Å². The van der Waals surface area contributed by atoms with E-state index in [0.717, 1.165) is 19.4 Å². The van der Waals surface area contributed by atoms with Gasteiger partial charge in [-0.1, -0.05) is 6.42 Å². The molecule has 0 aliphatic heterocycles. The van der Waals surface area contributed by atoms with Crippen molar-refractivity contribution in [2.45, 2.75) is 19.3 Å². The highest BCUT2D eigenvalue weighted by molar-refractivity contribution is 7.98. The van der Waals surface area contributed by atoms with E-state index in [0.29, 0.717) is 5.82 Å². The molecule has 0 unspecified atom stereocenters. The largest absolute Gasteiger partial charge is 0.378 e. The van der Waals surface area contributed by atoms with Crippen LogP contribution in [0, 0.1) is 10.1 Å². The number of hydrogen-bond donors (Lipinski definition) is 2. The predicted octanol–water partition coefficient (Wildman–Crippen LogP) is 2.52. The van der Waals surface area contributed by atoms with Crippen LogP contribution in [0.1, 0.15) is 19.3 Å². The zero-order valence-electron chi connectivity index (χ0n) is 10.4. The highest BCUT2D eigenvalue weighted by Gasteiger charge is 2.12. The lowest BCUT2D eigenvalue weighted by atomic mass is 10.2. The Kier molecular flexibility index (Phi) is 6.27. The first-order valence-electron chi connectivity index (χ1n) is 5.79. The van der Waals surface area contributed by atoms with E-state index in [4.69, 9.17) is 5.73 Å². The van der Waals surface area contributed by atoms with Crippen molar-refractivity contribution in [3.8, 4) is 0 Å². The van der Waals surface area contributed by atoms with Crippen LogP contribution in [0.3, 0.4) is 0 Å². The summed E-state index contributed by atoms with van der Waals surface area (Å²) in [6, 6.07) is 2.95. The van der Waals surface area contributed by atoms with Gasteiger partial charge in [0.25, 0.3) is 0 Å². The first kappa shape index (κ1) is 14.6. The third kappa shape index (κ3) is 4.79. The number of anilines is 2. The molecule has 0 fully saturated rings. The summed E-state index contributed by atoms with van der Waals surface area (Å²) in [5, 5.41) is 13.7. The van der Waals surface area contributed by atoms with Crippen molar-refractivity contribution in [1.29, 1.82) is 0 Å². The number of hydrogen-bond acceptors (Lipinski definition) is 6. The fraction of sp³-hybridized carbons (Fsp3) is 0.545. The number of nitrogens with two attached hydrogens (primary N) is 1. The Balaban J connectivity index is 2.35. The van der Waals surface area contributed by atoms with Crippen molar-refractivity contribution < 1.29 is 4.92 Å². The fourth-order valence-electron chi connectivity index (χ4n) is 1.49. The van der Waals surface area contributed by atoms with E-state index in [2.05, 4.69) is 16.6 Å². The monoisotopic (exact) mass is 270 g/mol. The molecule has 0 radical (unpaired) electrons. The quantitative estimate of drug-likeness (QED) is 0.428. The molecular formula is C11H18N4O2S. The van der Waals surface area contributed by atoms with E-state index in [1.165, 1.54) is 18.2 Å². The normalized spacial score (nSPS) is 10.3. The molecule has 0 bridgehead atoms. The summed E-state index contributed by atoms with van der Waals surface area (Å²) in [6.45, 7) is 0.804. The number of rotatable bonds is 8. The zero-order chi connectivity index (χ0) is 13.4. The van der Waals surface area contributed by atoms with Crippen molar-refractivity contribution in [2.75, 3.05) is 29.6 Å². The summed E-state index contributed by atoms with van der Waals surface area (Å²) in [4.78, 5) is 14.0. The third-order valence-corrected chi connectivity index (χ3v) is 3.13. The van der Waals surface area contributed by atoms with Gasteiger partial charge in [0.15, 0.2) is 0 Å². The number of nitro groups is 1. The fourth-order valence-corrected chi connectivity index (χ4v) is 1.98. The molecule has 0 amide bonds. The third-order valence-electron chi connectivity index (χ3n) is 2.43. The Morgan fingerprint density at radius 3 is 2.83 bits per heavy atom. The second kappa shape index (κ2) is 7.75. The molecule has 0 aliphatic carbocycles. The minimum absolute atomic E-state index is 0.0487. The predicted molar refractivity (Wildman–Crippen MR) is 76.0 cm³/mol.